The Morgan fingerprint density at radius 2 is 1.71 bits per heavy atom. The second-order valence-corrected chi connectivity index (χ2v) is 11.0. The van der Waals surface area contributed by atoms with Crippen LogP contribution in [0, 0.1) is 13.8 Å². The Morgan fingerprint density at radius 1 is 0.914 bits per heavy atom. The fourth-order valence-electron chi connectivity index (χ4n) is 5.68. The molecule has 7 rings (SSSR count). The van der Waals surface area contributed by atoms with Gasteiger partial charge < -0.3 is 14.9 Å². The van der Waals surface area contributed by atoms with Crippen molar-refractivity contribution >= 4 is 89.9 Å². The standard InChI is InChI=1S/C29H24BN3S2/c1-17-13-24-27-25(14-17)33(19-9-5-4-6-10-19)28-20-11-7-8-12-26(20)35-29(28)30(27)21-15-18(2)22(32-34-3)16-23(21)31-24/h4-16,31-32H,1-3H3. The summed E-state index contributed by atoms with van der Waals surface area (Å²) in [6.45, 7) is 4.60. The van der Waals surface area contributed by atoms with E-state index in [-0.39, 0.29) is 6.71 Å². The van der Waals surface area contributed by atoms with E-state index >= 15 is 0 Å². The van der Waals surface area contributed by atoms with E-state index in [1.807, 2.05) is 11.3 Å². The minimum absolute atomic E-state index is 0.200. The number of hydrogen-bond donors (Lipinski definition) is 2. The van der Waals surface area contributed by atoms with Gasteiger partial charge in [-0.3, -0.25) is 0 Å². The quantitative estimate of drug-likeness (QED) is 0.217. The highest BCUT2D eigenvalue weighted by Crippen LogP contribution is 2.45. The van der Waals surface area contributed by atoms with E-state index in [4.69, 9.17) is 0 Å². The Morgan fingerprint density at radius 3 is 2.54 bits per heavy atom. The van der Waals surface area contributed by atoms with E-state index in [0.29, 0.717) is 0 Å². The molecular weight excluding hydrogens is 465 g/mol. The fraction of sp³-hybridized carbons (Fsp3) is 0.103. The van der Waals surface area contributed by atoms with Crippen LogP contribution in [-0.2, 0) is 0 Å². The molecule has 0 radical (unpaired) electrons. The molecular formula is C29H24BN3S2. The first-order chi connectivity index (χ1) is 17.1. The molecule has 3 nitrogen and oxygen atoms in total. The van der Waals surface area contributed by atoms with E-state index in [0.717, 1.165) is 0 Å². The van der Waals surface area contributed by atoms with E-state index in [1.165, 1.54) is 71.0 Å². The first kappa shape index (κ1) is 21.0. The maximum absolute atomic E-state index is 3.81. The molecule has 2 aliphatic heterocycles. The van der Waals surface area contributed by atoms with Gasteiger partial charge in [0.1, 0.15) is 0 Å². The van der Waals surface area contributed by atoms with Crippen LogP contribution in [0.4, 0.5) is 34.1 Å². The van der Waals surface area contributed by atoms with Crippen molar-refractivity contribution in [1.82, 2.24) is 0 Å². The molecule has 0 spiro atoms. The number of nitrogens with zero attached hydrogens (tertiary/aromatic N) is 1. The number of rotatable bonds is 3. The molecule has 0 saturated heterocycles. The minimum Gasteiger partial charge on any atom is -0.356 e. The summed E-state index contributed by atoms with van der Waals surface area (Å²) in [7, 11) is 0. The summed E-state index contributed by atoms with van der Waals surface area (Å²) in [6, 6.07) is 29.0. The minimum atomic E-state index is 0.200. The number of hydrogen-bond acceptors (Lipinski definition) is 5. The first-order valence-electron chi connectivity index (χ1n) is 11.9. The molecule has 6 heteroatoms. The number of para-hydroxylation sites is 1. The van der Waals surface area contributed by atoms with Gasteiger partial charge in [-0.1, -0.05) is 54.4 Å². The summed E-state index contributed by atoms with van der Waals surface area (Å²) in [4.78, 5) is 2.49. The number of fused-ring (bicyclic) bond motifs is 6. The Bertz CT molecular complexity index is 1630. The third-order valence-corrected chi connectivity index (χ3v) is 8.77. The highest BCUT2D eigenvalue weighted by Gasteiger charge is 2.43. The second kappa shape index (κ2) is 7.84. The monoisotopic (exact) mass is 489 g/mol. The van der Waals surface area contributed by atoms with Gasteiger partial charge in [-0.2, -0.15) is 0 Å². The Labute approximate surface area is 214 Å². The molecule has 0 amide bonds. The number of nitrogens with one attached hydrogen (secondary N) is 2. The lowest BCUT2D eigenvalue weighted by Crippen LogP contribution is -2.59. The molecule has 0 unspecified atom stereocenters. The van der Waals surface area contributed by atoms with Crippen molar-refractivity contribution in [1.29, 1.82) is 0 Å². The van der Waals surface area contributed by atoms with Gasteiger partial charge in [0.2, 0.25) is 0 Å². The maximum Gasteiger partial charge on any atom is 0.264 e. The smallest absolute Gasteiger partial charge is 0.264 e. The topological polar surface area (TPSA) is 27.3 Å². The highest BCUT2D eigenvalue weighted by atomic mass is 32.2. The van der Waals surface area contributed by atoms with Crippen LogP contribution >= 0.6 is 23.3 Å². The highest BCUT2D eigenvalue weighted by molar-refractivity contribution is 7.99. The number of aryl methyl sites for hydroxylation is 2. The van der Waals surface area contributed by atoms with Gasteiger partial charge in [0, 0.05) is 49.6 Å². The molecule has 4 aromatic carbocycles. The van der Waals surface area contributed by atoms with Crippen LogP contribution in [0.2, 0.25) is 0 Å². The summed E-state index contributed by atoms with van der Waals surface area (Å²) < 4.78 is 6.21. The van der Waals surface area contributed by atoms with Crippen molar-refractivity contribution in [3.8, 4) is 0 Å². The summed E-state index contributed by atoms with van der Waals surface area (Å²) in [5.74, 6) is 0. The lowest BCUT2D eigenvalue weighted by Gasteiger charge is -2.39. The largest absolute Gasteiger partial charge is 0.356 e. The van der Waals surface area contributed by atoms with Gasteiger partial charge in [-0.05, 0) is 72.3 Å². The fourth-order valence-corrected chi connectivity index (χ4v) is 7.44. The average molecular weight is 489 g/mol. The van der Waals surface area contributed by atoms with Crippen LogP contribution in [-0.4, -0.2) is 13.0 Å². The molecule has 1 aromatic heterocycles. The van der Waals surface area contributed by atoms with Gasteiger partial charge in [-0.25, -0.2) is 0 Å². The summed E-state index contributed by atoms with van der Waals surface area (Å²) in [5.41, 5.74) is 12.6. The van der Waals surface area contributed by atoms with Crippen molar-refractivity contribution in [2.75, 3.05) is 21.2 Å². The molecule has 35 heavy (non-hydrogen) atoms. The van der Waals surface area contributed by atoms with E-state index < -0.39 is 0 Å². The zero-order valence-electron chi connectivity index (χ0n) is 19.8. The molecule has 170 valence electrons. The van der Waals surface area contributed by atoms with Crippen LogP contribution in [0.15, 0.2) is 78.9 Å². The van der Waals surface area contributed by atoms with Crippen molar-refractivity contribution < 1.29 is 0 Å². The maximum atomic E-state index is 3.81. The van der Waals surface area contributed by atoms with Crippen molar-refractivity contribution in [3.63, 3.8) is 0 Å². The van der Waals surface area contributed by atoms with Crippen LogP contribution in [0.5, 0.6) is 0 Å². The Hall–Kier alpha value is -3.35. The first-order valence-corrected chi connectivity index (χ1v) is 13.9. The predicted molar refractivity (Wildman–Crippen MR) is 158 cm³/mol. The molecule has 2 N–H and O–H groups in total. The van der Waals surface area contributed by atoms with E-state index in [2.05, 4.69) is 114 Å². The number of benzene rings is 4. The number of anilines is 6. The molecule has 5 aromatic rings. The third-order valence-electron chi connectivity index (χ3n) is 7.12. The summed E-state index contributed by atoms with van der Waals surface area (Å²) in [6.07, 6.45) is 2.07. The van der Waals surface area contributed by atoms with Crippen LogP contribution < -0.4 is 30.6 Å². The molecule has 0 atom stereocenters. The SMILES string of the molecule is CSNc1cc2c(cc1C)B1c3sc4ccccc4c3N(c3ccccc3)c3cc(C)cc(c31)N2. The Balaban J connectivity index is 1.59. The van der Waals surface area contributed by atoms with Crippen molar-refractivity contribution in [2.45, 2.75) is 13.8 Å². The molecule has 2 aliphatic rings. The molecule has 3 heterocycles. The normalized spacial score (nSPS) is 13.2. The Kier molecular flexibility index (Phi) is 4.70. The lowest BCUT2D eigenvalue weighted by molar-refractivity contribution is 1.29. The van der Waals surface area contributed by atoms with Crippen LogP contribution in [0.1, 0.15) is 11.1 Å². The summed E-state index contributed by atoms with van der Waals surface area (Å²) >= 11 is 3.57. The zero-order chi connectivity index (χ0) is 23.7. The van der Waals surface area contributed by atoms with Crippen molar-refractivity contribution in [3.05, 3.63) is 90.0 Å². The predicted octanol–water partition coefficient (Wildman–Crippen LogP) is 6.56. The summed E-state index contributed by atoms with van der Waals surface area (Å²) in [5, 5.41) is 5.13. The van der Waals surface area contributed by atoms with Crippen molar-refractivity contribution in [2.24, 2.45) is 0 Å². The second-order valence-electron chi connectivity index (χ2n) is 9.35. The van der Waals surface area contributed by atoms with E-state index in [1.54, 1.807) is 11.9 Å². The molecule has 0 saturated carbocycles. The average Bonchev–Trinajstić information content (AvgIpc) is 3.24. The van der Waals surface area contributed by atoms with E-state index in [9.17, 15) is 0 Å². The third kappa shape index (κ3) is 3.06. The zero-order valence-corrected chi connectivity index (χ0v) is 21.5. The van der Waals surface area contributed by atoms with Crippen LogP contribution in [0.3, 0.4) is 0 Å². The lowest BCUT2D eigenvalue weighted by atomic mass is 9.36. The van der Waals surface area contributed by atoms with Gasteiger partial charge in [0.25, 0.3) is 6.71 Å². The molecule has 0 fully saturated rings. The molecule has 0 aliphatic carbocycles. The van der Waals surface area contributed by atoms with Gasteiger partial charge >= 0.3 is 0 Å². The van der Waals surface area contributed by atoms with Crippen LogP contribution in [0.25, 0.3) is 10.1 Å². The van der Waals surface area contributed by atoms with Gasteiger partial charge in [0.05, 0.1) is 5.69 Å². The molecule has 0 bridgehead atoms. The van der Waals surface area contributed by atoms with Gasteiger partial charge in [0.15, 0.2) is 0 Å². The number of thiophene rings is 1. The van der Waals surface area contributed by atoms with Gasteiger partial charge in [-0.15, -0.1) is 11.3 Å².